The molecule has 34 heavy (non-hydrogen) atoms. The van der Waals surface area contributed by atoms with Crippen LogP contribution in [0.4, 0.5) is 16.8 Å². The molecule has 0 atom stereocenters. The quantitative estimate of drug-likeness (QED) is 0.355. The van der Waals surface area contributed by atoms with Gasteiger partial charge in [-0.2, -0.15) is 0 Å². The molecule has 172 valence electrons. The molecule has 0 spiro atoms. The predicted octanol–water partition coefficient (Wildman–Crippen LogP) is 5.21. The zero-order valence-electron chi connectivity index (χ0n) is 19.0. The Kier molecular flexibility index (Phi) is 6.93. The first-order valence-electron chi connectivity index (χ1n) is 10.6. The van der Waals surface area contributed by atoms with Crippen LogP contribution < -0.4 is 10.6 Å². The summed E-state index contributed by atoms with van der Waals surface area (Å²) in [5.74, 6) is -0.296. The van der Waals surface area contributed by atoms with E-state index in [1.165, 1.54) is 0 Å². The highest BCUT2D eigenvalue weighted by atomic mass is 32.1. The van der Waals surface area contributed by atoms with Gasteiger partial charge >= 0.3 is 5.97 Å². The first kappa shape index (κ1) is 23.1. The third-order valence-electron chi connectivity index (χ3n) is 4.80. The molecule has 2 N–H and O–H groups in total. The van der Waals surface area contributed by atoms with Crippen LogP contribution in [0.15, 0.2) is 60.7 Å². The molecule has 8 nitrogen and oxygen atoms in total. The highest BCUT2D eigenvalue weighted by Gasteiger charge is 2.18. The third-order valence-corrected chi connectivity index (χ3v) is 5.85. The molecule has 0 aliphatic heterocycles. The van der Waals surface area contributed by atoms with Crippen LogP contribution >= 0.6 is 11.3 Å². The third kappa shape index (κ3) is 5.81. The Labute approximate surface area is 201 Å². The molecular weight excluding hydrogens is 450 g/mol. The second kappa shape index (κ2) is 10.2. The number of esters is 1. The van der Waals surface area contributed by atoms with Crippen LogP contribution in [-0.4, -0.2) is 26.8 Å². The molecule has 0 aliphatic carbocycles. The lowest BCUT2D eigenvalue weighted by molar-refractivity contribution is 0.0477. The second-order valence-corrected chi connectivity index (χ2v) is 8.63. The summed E-state index contributed by atoms with van der Waals surface area (Å²) in [7, 11) is 0. The van der Waals surface area contributed by atoms with Crippen LogP contribution in [0.2, 0.25) is 0 Å². The molecule has 4 rings (SSSR count). The van der Waals surface area contributed by atoms with E-state index in [9.17, 15) is 9.59 Å². The molecule has 2 aromatic carbocycles. The van der Waals surface area contributed by atoms with E-state index in [-0.39, 0.29) is 12.5 Å². The molecule has 0 saturated heterocycles. The molecule has 2 heterocycles. The van der Waals surface area contributed by atoms with Gasteiger partial charge in [0.25, 0.3) is 5.91 Å². The van der Waals surface area contributed by atoms with Crippen LogP contribution in [-0.2, 0) is 11.3 Å². The van der Waals surface area contributed by atoms with Crippen molar-refractivity contribution in [1.29, 1.82) is 0 Å². The van der Waals surface area contributed by atoms with Crippen LogP contribution in [0.3, 0.4) is 0 Å². The van der Waals surface area contributed by atoms with E-state index in [0.717, 1.165) is 34.0 Å². The highest BCUT2D eigenvalue weighted by molar-refractivity contribution is 7.17. The fourth-order valence-corrected chi connectivity index (χ4v) is 4.07. The molecular formula is C25H23N5O3S. The molecule has 0 unspecified atom stereocenters. The number of nitrogens with zero attached hydrogens (tertiary/aromatic N) is 3. The zero-order chi connectivity index (χ0) is 24.1. The van der Waals surface area contributed by atoms with E-state index in [2.05, 4.69) is 25.6 Å². The highest BCUT2D eigenvalue weighted by Crippen LogP contribution is 2.25. The Morgan fingerprint density at radius 1 is 0.912 bits per heavy atom. The number of ether oxygens (including phenoxy) is 1. The first-order chi connectivity index (χ1) is 16.4. The van der Waals surface area contributed by atoms with Gasteiger partial charge in [-0.1, -0.05) is 41.7 Å². The van der Waals surface area contributed by atoms with Gasteiger partial charge in [0, 0.05) is 22.6 Å². The minimum absolute atomic E-state index is 0.173. The summed E-state index contributed by atoms with van der Waals surface area (Å²) in [6, 6.07) is 18.3. The van der Waals surface area contributed by atoms with Crippen molar-refractivity contribution in [2.24, 2.45) is 0 Å². The van der Waals surface area contributed by atoms with Gasteiger partial charge in [-0.05, 0) is 56.7 Å². The molecule has 0 saturated carbocycles. The lowest BCUT2D eigenvalue weighted by Gasteiger charge is -2.07. The fraction of sp³-hybridized carbons (Fsp3) is 0.160. The van der Waals surface area contributed by atoms with Crippen molar-refractivity contribution >= 4 is 40.0 Å². The largest absolute Gasteiger partial charge is 0.457 e. The SMILES string of the molecule is Cc1cc(C)nc(Nc2ccc(C(=O)Nc3nc(C)c(C(=O)OCc4ccccc4)s3)cc2)n1. The average molecular weight is 474 g/mol. The van der Waals surface area contributed by atoms with E-state index in [0.29, 0.717) is 27.2 Å². The monoisotopic (exact) mass is 473 g/mol. The molecule has 0 radical (unpaired) electrons. The van der Waals surface area contributed by atoms with E-state index >= 15 is 0 Å². The smallest absolute Gasteiger partial charge is 0.350 e. The van der Waals surface area contributed by atoms with Crippen molar-refractivity contribution in [3.63, 3.8) is 0 Å². The number of carbonyl (C=O) groups is 2. The summed E-state index contributed by atoms with van der Waals surface area (Å²) < 4.78 is 5.38. The van der Waals surface area contributed by atoms with Crippen molar-refractivity contribution in [2.45, 2.75) is 27.4 Å². The van der Waals surface area contributed by atoms with E-state index < -0.39 is 5.97 Å². The standard InChI is InChI=1S/C25H23N5O3S/c1-15-13-16(2)27-24(26-15)29-20-11-9-19(10-12-20)22(31)30-25-28-17(3)21(34-25)23(32)33-14-18-7-5-4-6-8-18/h4-13H,14H2,1-3H3,(H,26,27,29)(H,28,30,31). The van der Waals surface area contributed by atoms with Gasteiger partial charge in [-0.3, -0.25) is 10.1 Å². The second-order valence-electron chi connectivity index (χ2n) is 7.63. The molecule has 4 aromatic rings. The summed E-state index contributed by atoms with van der Waals surface area (Å²) in [6.45, 7) is 5.69. The van der Waals surface area contributed by atoms with Gasteiger partial charge in [0.15, 0.2) is 5.13 Å². The van der Waals surface area contributed by atoms with E-state index in [1.807, 2.05) is 50.2 Å². The number of carbonyl (C=O) groups excluding carboxylic acids is 2. The fourth-order valence-electron chi connectivity index (χ4n) is 3.21. The number of amides is 1. The zero-order valence-corrected chi connectivity index (χ0v) is 19.8. The Hall–Kier alpha value is -4.11. The number of hydrogen-bond donors (Lipinski definition) is 2. The molecule has 0 fully saturated rings. The Morgan fingerprint density at radius 3 is 2.26 bits per heavy atom. The van der Waals surface area contributed by atoms with Gasteiger partial charge < -0.3 is 10.1 Å². The van der Waals surface area contributed by atoms with Crippen LogP contribution in [0.25, 0.3) is 0 Å². The first-order valence-corrected chi connectivity index (χ1v) is 11.4. The number of rotatable bonds is 7. The number of thiazole rings is 1. The maximum absolute atomic E-state index is 12.7. The normalized spacial score (nSPS) is 10.6. The number of aromatic nitrogens is 3. The number of hydrogen-bond acceptors (Lipinski definition) is 8. The Bertz CT molecular complexity index is 1300. The minimum atomic E-state index is -0.469. The summed E-state index contributed by atoms with van der Waals surface area (Å²) in [4.78, 5) is 38.5. The van der Waals surface area contributed by atoms with Crippen molar-refractivity contribution in [3.8, 4) is 0 Å². The molecule has 0 aliphatic rings. The van der Waals surface area contributed by atoms with Gasteiger partial charge in [-0.25, -0.2) is 19.7 Å². The predicted molar refractivity (Wildman–Crippen MR) is 132 cm³/mol. The van der Waals surface area contributed by atoms with E-state index in [1.54, 1.807) is 31.2 Å². The lowest BCUT2D eigenvalue weighted by Crippen LogP contribution is -2.11. The molecule has 0 bridgehead atoms. The van der Waals surface area contributed by atoms with Crippen molar-refractivity contribution in [2.75, 3.05) is 10.6 Å². The maximum atomic E-state index is 12.7. The van der Waals surface area contributed by atoms with Crippen molar-refractivity contribution in [1.82, 2.24) is 15.0 Å². The van der Waals surface area contributed by atoms with Gasteiger partial charge in [0.2, 0.25) is 5.95 Å². The summed E-state index contributed by atoms with van der Waals surface area (Å²) in [6.07, 6.45) is 0. The number of aryl methyl sites for hydroxylation is 3. The van der Waals surface area contributed by atoms with Gasteiger partial charge in [0.05, 0.1) is 5.69 Å². The van der Waals surface area contributed by atoms with Gasteiger partial charge in [0.1, 0.15) is 11.5 Å². The number of anilines is 3. The summed E-state index contributed by atoms with van der Waals surface area (Å²) >= 11 is 1.09. The lowest BCUT2D eigenvalue weighted by atomic mass is 10.2. The van der Waals surface area contributed by atoms with Crippen molar-refractivity contribution < 1.29 is 14.3 Å². The summed E-state index contributed by atoms with van der Waals surface area (Å²) in [5, 5.41) is 6.21. The van der Waals surface area contributed by atoms with Crippen LogP contribution in [0, 0.1) is 20.8 Å². The maximum Gasteiger partial charge on any atom is 0.350 e. The van der Waals surface area contributed by atoms with Crippen LogP contribution in [0.5, 0.6) is 0 Å². The average Bonchev–Trinajstić information content (AvgIpc) is 3.18. The van der Waals surface area contributed by atoms with Gasteiger partial charge in [-0.15, -0.1) is 0 Å². The minimum Gasteiger partial charge on any atom is -0.457 e. The number of nitrogens with one attached hydrogen (secondary N) is 2. The van der Waals surface area contributed by atoms with Crippen LogP contribution in [0.1, 0.15) is 42.7 Å². The van der Waals surface area contributed by atoms with Crippen molar-refractivity contribution in [3.05, 3.63) is 93.7 Å². The Morgan fingerprint density at radius 2 is 1.59 bits per heavy atom. The Balaban J connectivity index is 1.37. The van der Waals surface area contributed by atoms with E-state index in [4.69, 9.17) is 4.74 Å². The molecule has 2 aromatic heterocycles. The molecule has 9 heteroatoms. The summed E-state index contributed by atoms with van der Waals surface area (Å²) in [5.41, 5.74) is 4.35. The number of benzene rings is 2. The topological polar surface area (TPSA) is 106 Å². The molecule has 1 amide bonds.